The monoisotopic (exact) mass is 256 g/mol. The summed E-state index contributed by atoms with van der Waals surface area (Å²) in [5.41, 5.74) is 5.04. The molecule has 0 aromatic heterocycles. The average Bonchev–Trinajstić information content (AvgIpc) is 2.33. The third-order valence-corrected chi connectivity index (χ3v) is 2.93. The van der Waals surface area contributed by atoms with Crippen LogP contribution in [0.4, 0.5) is 0 Å². The van der Waals surface area contributed by atoms with Crippen molar-refractivity contribution in [2.24, 2.45) is 5.73 Å². The van der Waals surface area contributed by atoms with Crippen molar-refractivity contribution in [3.63, 3.8) is 0 Å². The summed E-state index contributed by atoms with van der Waals surface area (Å²) in [7, 11) is 0. The lowest BCUT2D eigenvalue weighted by Crippen LogP contribution is -2.23. The van der Waals surface area contributed by atoms with E-state index in [0.717, 1.165) is 38.6 Å². The number of nitrogens with one attached hydrogen (secondary N) is 1. The lowest BCUT2D eigenvalue weighted by atomic mass is 10.1. The molecule has 0 bridgehead atoms. The van der Waals surface area contributed by atoms with E-state index < -0.39 is 0 Å². The smallest absolute Gasteiger partial charge is 0.219 e. The Morgan fingerprint density at radius 3 is 2.11 bits per heavy atom. The van der Waals surface area contributed by atoms with Gasteiger partial charge in [-0.05, 0) is 19.3 Å². The summed E-state index contributed by atoms with van der Waals surface area (Å²) in [4.78, 5) is 21.9. The van der Waals surface area contributed by atoms with E-state index in [4.69, 9.17) is 5.73 Å². The molecule has 4 heteroatoms. The molecule has 0 aromatic carbocycles. The summed E-state index contributed by atoms with van der Waals surface area (Å²) in [5.74, 6) is -0.0822. The average molecular weight is 256 g/mol. The van der Waals surface area contributed by atoms with Gasteiger partial charge in [-0.25, -0.2) is 0 Å². The summed E-state index contributed by atoms with van der Waals surface area (Å²) in [6.07, 6.45) is 9.53. The summed E-state index contributed by atoms with van der Waals surface area (Å²) in [6.45, 7) is 2.98. The Morgan fingerprint density at radius 2 is 1.50 bits per heavy atom. The number of carbonyl (C=O) groups is 2. The summed E-state index contributed by atoms with van der Waals surface area (Å²) in [5, 5.41) is 2.94. The number of primary amides is 1. The number of carbonyl (C=O) groups excluding carboxylic acids is 2. The van der Waals surface area contributed by atoms with Crippen molar-refractivity contribution >= 4 is 11.8 Å². The zero-order chi connectivity index (χ0) is 13.6. The molecule has 0 aromatic rings. The molecule has 0 fully saturated rings. The second kappa shape index (κ2) is 12.4. The molecule has 3 N–H and O–H groups in total. The maximum atomic E-state index is 11.4. The van der Waals surface area contributed by atoms with Crippen LogP contribution in [0.15, 0.2) is 0 Å². The molecule has 0 saturated carbocycles. The van der Waals surface area contributed by atoms with Crippen LogP contribution in [0.1, 0.15) is 71.1 Å². The van der Waals surface area contributed by atoms with E-state index in [0.29, 0.717) is 12.8 Å². The molecule has 0 aliphatic carbocycles. The molecule has 0 aliphatic rings. The minimum Gasteiger partial charge on any atom is -0.370 e. The van der Waals surface area contributed by atoms with Gasteiger partial charge in [-0.1, -0.05) is 39.0 Å². The molecule has 0 saturated heterocycles. The standard InChI is InChI=1S/C14H28N2O2/c1-2-3-4-9-12-16-14(18)11-8-6-5-7-10-13(15)17/h2-12H2,1H3,(H2,15,17)(H,16,18). The van der Waals surface area contributed by atoms with Crippen LogP contribution < -0.4 is 11.1 Å². The molecule has 0 aliphatic heterocycles. The first-order valence-electron chi connectivity index (χ1n) is 7.21. The molecule has 0 unspecified atom stereocenters. The van der Waals surface area contributed by atoms with Gasteiger partial charge in [-0.15, -0.1) is 0 Å². The maximum Gasteiger partial charge on any atom is 0.219 e. The zero-order valence-corrected chi connectivity index (χ0v) is 11.7. The summed E-state index contributed by atoms with van der Waals surface area (Å²) >= 11 is 0. The van der Waals surface area contributed by atoms with Crippen molar-refractivity contribution in [2.75, 3.05) is 6.54 Å². The molecule has 0 rings (SSSR count). The van der Waals surface area contributed by atoms with Crippen LogP contribution in [0.5, 0.6) is 0 Å². The fraction of sp³-hybridized carbons (Fsp3) is 0.857. The van der Waals surface area contributed by atoms with Crippen molar-refractivity contribution in [3.05, 3.63) is 0 Å². The van der Waals surface area contributed by atoms with Crippen molar-refractivity contribution in [3.8, 4) is 0 Å². The predicted octanol–water partition coefficient (Wildman–Crippen LogP) is 2.51. The molecule has 106 valence electrons. The number of amides is 2. The molecular weight excluding hydrogens is 228 g/mol. The summed E-state index contributed by atoms with van der Waals surface area (Å²) < 4.78 is 0. The first kappa shape index (κ1) is 16.9. The third kappa shape index (κ3) is 13.0. The Bertz CT molecular complexity index is 230. The molecular formula is C14H28N2O2. The molecule has 2 amide bonds. The Morgan fingerprint density at radius 1 is 0.889 bits per heavy atom. The number of nitrogens with two attached hydrogens (primary N) is 1. The highest BCUT2D eigenvalue weighted by Crippen LogP contribution is 2.05. The van der Waals surface area contributed by atoms with E-state index in [1.54, 1.807) is 0 Å². The molecule has 0 radical (unpaired) electrons. The van der Waals surface area contributed by atoms with Crippen LogP contribution in [-0.4, -0.2) is 18.4 Å². The van der Waals surface area contributed by atoms with Crippen LogP contribution in [0, 0.1) is 0 Å². The third-order valence-electron chi connectivity index (χ3n) is 2.93. The fourth-order valence-corrected chi connectivity index (χ4v) is 1.81. The lowest BCUT2D eigenvalue weighted by molar-refractivity contribution is -0.121. The van der Waals surface area contributed by atoms with E-state index in [-0.39, 0.29) is 11.8 Å². The molecule has 4 nitrogen and oxygen atoms in total. The Labute approximate surface area is 111 Å². The Balaban J connectivity index is 3.19. The highest BCUT2D eigenvalue weighted by Gasteiger charge is 2.00. The van der Waals surface area contributed by atoms with Gasteiger partial charge in [0.15, 0.2) is 0 Å². The van der Waals surface area contributed by atoms with Gasteiger partial charge >= 0.3 is 0 Å². The topological polar surface area (TPSA) is 72.2 Å². The first-order chi connectivity index (χ1) is 8.66. The first-order valence-corrected chi connectivity index (χ1v) is 7.21. The normalized spacial score (nSPS) is 10.3. The van der Waals surface area contributed by atoms with Crippen molar-refractivity contribution in [1.29, 1.82) is 0 Å². The number of hydrogen-bond donors (Lipinski definition) is 2. The minimum atomic E-state index is -0.236. The van der Waals surface area contributed by atoms with Gasteiger partial charge < -0.3 is 11.1 Å². The fourth-order valence-electron chi connectivity index (χ4n) is 1.81. The summed E-state index contributed by atoms with van der Waals surface area (Å²) in [6, 6.07) is 0. The number of hydrogen-bond acceptors (Lipinski definition) is 2. The number of rotatable bonds is 12. The second-order valence-corrected chi connectivity index (χ2v) is 4.79. The zero-order valence-electron chi connectivity index (χ0n) is 11.7. The van der Waals surface area contributed by atoms with Crippen molar-refractivity contribution in [1.82, 2.24) is 5.32 Å². The lowest BCUT2D eigenvalue weighted by Gasteiger charge is -2.04. The quantitative estimate of drug-likeness (QED) is 0.527. The highest BCUT2D eigenvalue weighted by atomic mass is 16.1. The molecule has 18 heavy (non-hydrogen) atoms. The van der Waals surface area contributed by atoms with Crippen LogP contribution in [0.25, 0.3) is 0 Å². The highest BCUT2D eigenvalue weighted by molar-refractivity contribution is 5.75. The van der Waals surface area contributed by atoms with Gasteiger partial charge in [0.1, 0.15) is 0 Å². The van der Waals surface area contributed by atoms with Crippen LogP contribution in [0.3, 0.4) is 0 Å². The van der Waals surface area contributed by atoms with Crippen LogP contribution in [0.2, 0.25) is 0 Å². The van der Waals surface area contributed by atoms with E-state index in [1.165, 1.54) is 19.3 Å². The Kier molecular flexibility index (Phi) is 11.7. The van der Waals surface area contributed by atoms with Gasteiger partial charge in [0.05, 0.1) is 0 Å². The van der Waals surface area contributed by atoms with Gasteiger partial charge in [-0.2, -0.15) is 0 Å². The van der Waals surface area contributed by atoms with E-state index in [1.807, 2.05) is 0 Å². The largest absolute Gasteiger partial charge is 0.370 e. The van der Waals surface area contributed by atoms with Crippen LogP contribution >= 0.6 is 0 Å². The van der Waals surface area contributed by atoms with Crippen LogP contribution in [-0.2, 0) is 9.59 Å². The van der Waals surface area contributed by atoms with Gasteiger partial charge in [0.25, 0.3) is 0 Å². The molecule has 0 atom stereocenters. The van der Waals surface area contributed by atoms with Crippen molar-refractivity contribution < 1.29 is 9.59 Å². The van der Waals surface area contributed by atoms with Gasteiger partial charge in [0, 0.05) is 19.4 Å². The SMILES string of the molecule is CCCCCCNC(=O)CCCCCCC(N)=O. The molecule has 0 heterocycles. The van der Waals surface area contributed by atoms with Gasteiger partial charge in [0.2, 0.25) is 11.8 Å². The second-order valence-electron chi connectivity index (χ2n) is 4.79. The Hall–Kier alpha value is -1.06. The maximum absolute atomic E-state index is 11.4. The minimum absolute atomic E-state index is 0.154. The van der Waals surface area contributed by atoms with E-state index >= 15 is 0 Å². The number of unbranched alkanes of at least 4 members (excludes halogenated alkanes) is 6. The van der Waals surface area contributed by atoms with E-state index in [2.05, 4.69) is 12.2 Å². The predicted molar refractivity (Wildman–Crippen MR) is 74.0 cm³/mol. The van der Waals surface area contributed by atoms with Gasteiger partial charge in [-0.3, -0.25) is 9.59 Å². The molecule has 0 spiro atoms. The van der Waals surface area contributed by atoms with Crippen molar-refractivity contribution in [2.45, 2.75) is 71.1 Å². The van der Waals surface area contributed by atoms with E-state index in [9.17, 15) is 9.59 Å².